The lowest BCUT2D eigenvalue weighted by molar-refractivity contribution is 0.102. The molecule has 5 nitrogen and oxygen atoms in total. The van der Waals surface area contributed by atoms with Crippen LogP contribution in [0.15, 0.2) is 29.8 Å². The maximum absolute atomic E-state index is 12.1. The van der Waals surface area contributed by atoms with Gasteiger partial charge in [-0.3, -0.25) is 10.1 Å². The lowest BCUT2D eigenvalue weighted by Gasteiger charge is -2.21. The van der Waals surface area contributed by atoms with E-state index in [1.54, 1.807) is 12.3 Å². The topological polar surface area (TPSA) is 63.2 Å². The van der Waals surface area contributed by atoms with Gasteiger partial charge in [-0.05, 0) is 12.1 Å². The fourth-order valence-corrected chi connectivity index (χ4v) is 2.32. The maximum Gasteiger partial charge on any atom is 0.261 e. The molecule has 0 aliphatic carbocycles. The molecule has 0 fully saturated rings. The summed E-state index contributed by atoms with van der Waals surface area (Å²) in [5.74, 6) is 0.406. The molecule has 0 bridgehead atoms. The Balaban J connectivity index is 1.89. The van der Waals surface area contributed by atoms with Crippen molar-refractivity contribution in [2.75, 3.05) is 23.8 Å². The number of fused-ring (bicyclic) bond motifs is 1. The molecule has 2 aromatic rings. The standard InChI is InChI=1S/C12H11N3O2S/c16-11(15-12-14-5-7-18-12)8-2-1-3-9-10(8)17-6-4-13-9/h1-3,5,7,13H,4,6H2,(H,14,15,16). The third-order valence-corrected chi connectivity index (χ3v) is 3.26. The molecule has 0 saturated heterocycles. The number of para-hydroxylation sites is 1. The van der Waals surface area contributed by atoms with E-state index >= 15 is 0 Å². The van der Waals surface area contributed by atoms with Crippen LogP contribution in [0.25, 0.3) is 0 Å². The summed E-state index contributed by atoms with van der Waals surface area (Å²) in [6, 6.07) is 5.47. The third-order valence-electron chi connectivity index (χ3n) is 2.58. The largest absolute Gasteiger partial charge is 0.489 e. The molecule has 0 unspecified atom stereocenters. The van der Waals surface area contributed by atoms with Gasteiger partial charge >= 0.3 is 0 Å². The van der Waals surface area contributed by atoms with Gasteiger partial charge < -0.3 is 10.1 Å². The van der Waals surface area contributed by atoms with Crippen LogP contribution in [-0.4, -0.2) is 24.0 Å². The maximum atomic E-state index is 12.1. The summed E-state index contributed by atoms with van der Waals surface area (Å²) in [4.78, 5) is 16.2. The van der Waals surface area contributed by atoms with Gasteiger partial charge in [0, 0.05) is 18.1 Å². The number of ether oxygens (including phenoxy) is 1. The van der Waals surface area contributed by atoms with Crippen LogP contribution in [0.1, 0.15) is 10.4 Å². The van der Waals surface area contributed by atoms with Crippen LogP contribution < -0.4 is 15.4 Å². The molecule has 1 aliphatic heterocycles. The number of nitrogens with one attached hydrogen (secondary N) is 2. The van der Waals surface area contributed by atoms with Crippen molar-refractivity contribution in [2.45, 2.75) is 0 Å². The van der Waals surface area contributed by atoms with Crippen molar-refractivity contribution >= 4 is 28.1 Å². The monoisotopic (exact) mass is 261 g/mol. The Morgan fingerprint density at radius 1 is 1.50 bits per heavy atom. The average Bonchev–Trinajstić information content (AvgIpc) is 2.91. The second-order valence-electron chi connectivity index (χ2n) is 3.75. The predicted octanol–water partition coefficient (Wildman–Crippen LogP) is 2.20. The zero-order valence-electron chi connectivity index (χ0n) is 9.47. The predicted molar refractivity (Wildman–Crippen MR) is 70.5 cm³/mol. The minimum absolute atomic E-state index is 0.203. The molecule has 1 amide bonds. The first-order valence-electron chi connectivity index (χ1n) is 5.55. The third kappa shape index (κ3) is 2.02. The van der Waals surface area contributed by atoms with Crippen LogP contribution in [0.3, 0.4) is 0 Å². The molecule has 0 spiro atoms. The fraction of sp³-hybridized carbons (Fsp3) is 0.167. The van der Waals surface area contributed by atoms with Gasteiger partial charge in [-0.15, -0.1) is 11.3 Å². The van der Waals surface area contributed by atoms with Crippen molar-refractivity contribution in [3.8, 4) is 5.75 Å². The number of aromatic nitrogens is 1. The van der Waals surface area contributed by atoms with Crippen LogP contribution in [0, 0.1) is 0 Å². The molecular formula is C12H11N3O2S. The summed E-state index contributed by atoms with van der Waals surface area (Å²) in [7, 11) is 0. The normalized spacial score (nSPS) is 13.1. The molecule has 0 saturated carbocycles. The first-order valence-corrected chi connectivity index (χ1v) is 6.43. The van der Waals surface area contributed by atoms with E-state index in [1.807, 2.05) is 17.5 Å². The minimum Gasteiger partial charge on any atom is -0.489 e. The van der Waals surface area contributed by atoms with Crippen molar-refractivity contribution in [1.82, 2.24) is 4.98 Å². The van der Waals surface area contributed by atoms with E-state index in [2.05, 4.69) is 15.6 Å². The van der Waals surface area contributed by atoms with Crippen LogP contribution >= 0.6 is 11.3 Å². The first kappa shape index (κ1) is 11.0. The molecule has 1 aromatic carbocycles. The van der Waals surface area contributed by atoms with Crippen molar-refractivity contribution in [1.29, 1.82) is 0 Å². The van der Waals surface area contributed by atoms with Crippen molar-refractivity contribution < 1.29 is 9.53 Å². The number of carbonyl (C=O) groups is 1. The summed E-state index contributed by atoms with van der Waals surface area (Å²) in [5.41, 5.74) is 1.38. The van der Waals surface area contributed by atoms with E-state index in [4.69, 9.17) is 4.74 Å². The van der Waals surface area contributed by atoms with Crippen molar-refractivity contribution in [3.05, 3.63) is 35.3 Å². The molecule has 6 heteroatoms. The Hall–Kier alpha value is -2.08. The lowest BCUT2D eigenvalue weighted by Crippen LogP contribution is -2.21. The number of anilines is 2. The molecule has 1 aromatic heterocycles. The zero-order valence-corrected chi connectivity index (χ0v) is 10.3. The Bertz CT molecular complexity index is 569. The first-order chi connectivity index (χ1) is 8.84. The van der Waals surface area contributed by atoms with E-state index < -0.39 is 0 Å². The number of rotatable bonds is 2. The van der Waals surface area contributed by atoms with E-state index in [9.17, 15) is 4.79 Å². The number of carbonyl (C=O) groups excluding carboxylic acids is 1. The Morgan fingerprint density at radius 2 is 2.44 bits per heavy atom. The highest BCUT2D eigenvalue weighted by molar-refractivity contribution is 7.13. The average molecular weight is 261 g/mol. The van der Waals surface area contributed by atoms with Gasteiger partial charge in [0.15, 0.2) is 10.9 Å². The number of nitrogens with zero attached hydrogens (tertiary/aromatic N) is 1. The summed E-state index contributed by atoms with van der Waals surface area (Å²) in [6.45, 7) is 1.32. The van der Waals surface area contributed by atoms with Gasteiger partial charge in [0.1, 0.15) is 6.61 Å². The molecule has 18 heavy (non-hydrogen) atoms. The van der Waals surface area contributed by atoms with Gasteiger partial charge in [0.25, 0.3) is 5.91 Å². The zero-order chi connectivity index (χ0) is 12.4. The summed E-state index contributed by atoms with van der Waals surface area (Å²) in [6.07, 6.45) is 1.65. The van der Waals surface area contributed by atoms with Crippen molar-refractivity contribution in [3.63, 3.8) is 0 Å². The SMILES string of the molecule is O=C(Nc1nccs1)c1cccc2c1OCCN2. The number of hydrogen-bond donors (Lipinski definition) is 2. The van der Waals surface area contributed by atoms with Gasteiger partial charge in [-0.25, -0.2) is 4.98 Å². The van der Waals surface area contributed by atoms with Gasteiger partial charge in [-0.1, -0.05) is 6.07 Å². The molecule has 3 rings (SSSR count). The molecule has 1 aliphatic rings. The number of benzene rings is 1. The molecule has 92 valence electrons. The fourth-order valence-electron chi connectivity index (χ4n) is 1.80. The molecule has 2 heterocycles. The summed E-state index contributed by atoms with van der Waals surface area (Å²) < 4.78 is 5.55. The van der Waals surface area contributed by atoms with Crippen LogP contribution in [0.5, 0.6) is 5.75 Å². The number of amides is 1. The highest BCUT2D eigenvalue weighted by Crippen LogP contribution is 2.31. The quantitative estimate of drug-likeness (QED) is 0.870. The van der Waals surface area contributed by atoms with Gasteiger partial charge in [0.05, 0.1) is 11.3 Å². The number of thiazole rings is 1. The van der Waals surface area contributed by atoms with Crippen LogP contribution in [-0.2, 0) is 0 Å². The molecule has 0 radical (unpaired) electrons. The molecular weight excluding hydrogens is 250 g/mol. The van der Waals surface area contributed by atoms with E-state index in [-0.39, 0.29) is 5.91 Å². The Kier molecular flexibility index (Phi) is 2.85. The van der Waals surface area contributed by atoms with Crippen molar-refractivity contribution in [2.24, 2.45) is 0 Å². The van der Waals surface area contributed by atoms with Gasteiger partial charge in [-0.2, -0.15) is 0 Å². The summed E-state index contributed by atoms with van der Waals surface area (Å²) >= 11 is 1.38. The van der Waals surface area contributed by atoms with E-state index in [1.165, 1.54) is 11.3 Å². The minimum atomic E-state index is -0.203. The molecule has 2 N–H and O–H groups in total. The van der Waals surface area contributed by atoms with Crippen LogP contribution in [0.2, 0.25) is 0 Å². The second-order valence-corrected chi connectivity index (χ2v) is 4.64. The van der Waals surface area contributed by atoms with Gasteiger partial charge in [0.2, 0.25) is 0 Å². The molecule has 0 atom stereocenters. The second kappa shape index (κ2) is 4.66. The van der Waals surface area contributed by atoms with E-state index in [0.717, 1.165) is 12.2 Å². The Morgan fingerprint density at radius 3 is 3.28 bits per heavy atom. The lowest BCUT2D eigenvalue weighted by atomic mass is 10.1. The summed E-state index contributed by atoms with van der Waals surface area (Å²) in [5, 5.41) is 8.35. The number of hydrogen-bond acceptors (Lipinski definition) is 5. The van der Waals surface area contributed by atoms with Crippen LogP contribution in [0.4, 0.5) is 10.8 Å². The smallest absolute Gasteiger partial charge is 0.261 e. The van der Waals surface area contributed by atoms with E-state index in [0.29, 0.717) is 23.1 Å². The Labute approximate surface area is 108 Å². The highest BCUT2D eigenvalue weighted by atomic mass is 32.1. The highest BCUT2D eigenvalue weighted by Gasteiger charge is 2.19.